The lowest BCUT2D eigenvalue weighted by atomic mass is 9.96. The van der Waals surface area contributed by atoms with Crippen LogP contribution in [0.15, 0.2) is 42.2 Å². The van der Waals surface area contributed by atoms with Crippen LogP contribution in [0.3, 0.4) is 0 Å². The van der Waals surface area contributed by atoms with Crippen LogP contribution in [0.25, 0.3) is 10.2 Å². The van der Waals surface area contributed by atoms with Gasteiger partial charge in [0, 0.05) is 31.2 Å². The average molecular weight is 425 g/mol. The van der Waals surface area contributed by atoms with E-state index in [4.69, 9.17) is 0 Å². The summed E-state index contributed by atoms with van der Waals surface area (Å²) in [7, 11) is 0. The summed E-state index contributed by atoms with van der Waals surface area (Å²) in [5.41, 5.74) is 4.87. The molecule has 2 aromatic heterocycles. The van der Waals surface area contributed by atoms with Crippen molar-refractivity contribution in [2.45, 2.75) is 44.7 Å². The molecule has 3 atom stereocenters. The highest BCUT2D eigenvalue weighted by molar-refractivity contribution is 7.16. The van der Waals surface area contributed by atoms with Crippen molar-refractivity contribution in [2.75, 3.05) is 18.0 Å². The molecule has 4 heterocycles. The minimum Gasteiger partial charge on any atom is -0.363 e. The van der Waals surface area contributed by atoms with Crippen LogP contribution in [0.1, 0.15) is 31.7 Å². The third kappa shape index (κ3) is 3.45. The largest absolute Gasteiger partial charge is 0.363 e. The van der Waals surface area contributed by atoms with Gasteiger partial charge in [-0.2, -0.15) is 0 Å². The molecule has 1 aromatic carbocycles. The van der Waals surface area contributed by atoms with Crippen molar-refractivity contribution >= 4 is 33.1 Å². The number of pyridine rings is 1. The van der Waals surface area contributed by atoms with Crippen molar-refractivity contribution in [3.63, 3.8) is 0 Å². The third-order valence-electron chi connectivity index (χ3n) is 6.53. The number of carbonyl (C=O) groups excluding carboxylic acids is 1. The fourth-order valence-electron chi connectivity index (χ4n) is 5.03. The van der Waals surface area contributed by atoms with E-state index in [2.05, 4.69) is 33.9 Å². The third-order valence-corrected chi connectivity index (χ3v) is 7.45. The molecule has 0 bridgehead atoms. The van der Waals surface area contributed by atoms with Gasteiger partial charge in [0.25, 0.3) is 0 Å². The summed E-state index contributed by atoms with van der Waals surface area (Å²) in [4.78, 5) is 25.4. The second kappa shape index (κ2) is 7.95. The maximum atomic E-state index is 14.3. The van der Waals surface area contributed by atoms with Crippen LogP contribution in [-0.2, 0) is 11.2 Å². The van der Waals surface area contributed by atoms with Crippen LogP contribution in [0.4, 0.5) is 10.1 Å². The summed E-state index contributed by atoms with van der Waals surface area (Å²) in [6, 6.07) is 8.26. The number of benzene rings is 1. The first kappa shape index (κ1) is 19.4. The van der Waals surface area contributed by atoms with E-state index in [1.54, 1.807) is 23.6 Å². The van der Waals surface area contributed by atoms with Crippen molar-refractivity contribution < 1.29 is 9.18 Å². The highest BCUT2D eigenvalue weighted by atomic mass is 32.1. The number of hydrogen-bond acceptors (Lipinski definition) is 5. The number of carbonyl (C=O) groups is 1. The van der Waals surface area contributed by atoms with E-state index in [0.717, 1.165) is 31.2 Å². The molecule has 0 aliphatic carbocycles. The van der Waals surface area contributed by atoms with Gasteiger partial charge >= 0.3 is 0 Å². The number of thiazole rings is 1. The number of aryl methyl sites for hydroxylation is 1. The van der Waals surface area contributed by atoms with Crippen LogP contribution in [0.5, 0.6) is 0 Å². The zero-order chi connectivity index (χ0) is 20.7. The maximum Gasteiger partial charge on any atom is 0.226 e. The second-order valence-corrected chi connectivity index (χ2v) is 9.27. The molecule has 2 aliphatic rings. The van der Waals surface area contributed by atoms with Crippen molar-refractivity contribution in [1.82, 2.24) is 14.9 Å². The predicted molar refractivity (Wildman–Crippen MR) is 117 cm³/mol. The summed E-state index contributed by atoms with van der Waals surface area (Å²) >= 11 is 1.69. The molecule has 5 nitrogen and oxygen atoms in total. The molecule has 0 radical (unpaired) electrons. The Morgan fingerprint density at radius 2 is 2.13 bits per heavy atom. The Kier molecular flexibility index (Phi) is 5.15. The Morgan fingerprint density at radius 3 is 3.00 bits per heavy atom. The van der Waals surface area contributed by atoms with E-state index in [1.807, 2.05) is 16.5 Å². The number of aromatic nitrogens is 2. The van der Waals surface area contributed by atoms with Crippen LogP contribution >= 0.6 is 11.3 Å². The molecule has 2 saturated heterocycles. The summed E-state index contributed by atoms with van der Waals surface area (Å²) < 4.78 is 15.5. The van der Waals surface area contributed by atoms with E-state index in [1.165, 1.54) is 16.5 Å². The van der Waals surface area contributed by atoms with E-state index in [9.17, 15) is 9.18 Å². The minimum absolute atomic E-state index is 0.0742. The van der Waals surface area contributed by atoms with Gasteiger partial charge in [0.05, 0.1) is 33.7 Å². The minimum atomic E-state index is -0.295. The number of fused-ring (bicyclic) bond motifs is 2. The average Bonchev–Trinajstić information content (AvgIpc) is 3.34. The number of halogens is 1. The van der Waals surface area contributed by atoms with Gasteiger partial charge < -0.3 is 9.80 Å². The SMILES string of the molecule is CC1CN2C(=O)C(CCCc3cccc4ncsc34)CC2CN1c1ccncc1F. The van der Waals surface area contributed by atoms with E-state index < -0.39 is 0 Å². The molecule has 1 amide bonds. The first-order valence-corrected chi connectivity index (χ1v) is 11.5. The number of piperazine rings is 1. The molecule has 7 heteroatoms. The number of rotatable bonds is 5. The molecule has 156 valence electrons. The van der Waals surface area contributed by atoms with Crippen molar-refractivity contribution in [3.8, 4) is 0 Å². The lowest BCUT2D eigenvalue weighted by molar-refractivity contribution is -0.132. The molecule has 2 aliphatic heterocycles. The van der Waals surface area contributed by atoms with Crippen LogP contribution in [0.2, 0.25) is 0 Å². The quantitative estimate of drug-likeness (QED) is 0.614. The molecule has 0 N–H and O–H groups in total. The molecular formula is C23H25FN4OS. The summed E-state index contributed by atoms with van der Waals surface area (Å²) in [5.74, 6) is 0.0544. The lowest BCUT2D eigenvalue weighted by Gasteiger charge is -2.43. The van der Waals surface area contributed by atoms with Gasteiger partial charge in [-0.3, -0.25) is 9.78 Å². The molecular weight excluding hydrogens is 399 g/mol. The van der Waals surface area contributed by atoms with E-state index in [-0.39, 0.29) is 29.7 Å². The molecule has 5 rings (SSSR count). The first-order chi connectivity index (χ1) is 14.6. The van der Waals surface area contributed by atoms with Crippen molar-refractivity contribution in [3.05, 3.63) is 53.6 Å². The standard InChI is InChI=1S/C23H25FN4OS/c1-15-12-28-18(13-27(15)21-8-9-25-11-19(21)24)10-17(23(28)29)6-2-4-16-5-3-7-20-22(16)30-14-26-20/h3,5,7-9,11,14-15,17-18H,2,4,6,10,12-13H2,1H3. The smallest absolute Gasteiger partial charge is 0.226 e. The summed E-state index contributed by atoms with van der Waals surface area (Å²) in [5, 5.41) is 0. The highest BCUT2D eigenvalue weighted by Gasteiger charge is 2.44. The van der Waals surface area contributed by atoms with Crippen molar-refractivity contribution in [1.29, 1.82) is 0 Å². The Bertz CT molecular complexity index is 1070. The fourth-order valence-corrected chi connectivity index (χ4v) is 5.87. The molecule has 0 spiro atoms. The molecule has 2 fully saturated rings. The van der Waals surface area contributed by atoms with Gasteiger partial charge in [-0.05, 0) is 50.3 Å². The number of hydrogen-bond donors (Lipinski definition) is 0. The Labute approximate surface area is 179 Å². The number of anilines is 1. The van der Waals surface area contributed by atoms with E-state index in [0.29, 0.717) is 18.8 Å². The van der Waals surface area contributed by atoms with Crippen LogP contribution in [0, 0.1) is 11.7 Å². The molecule has 3 aromatic rings. The number of amides is 1. The van der Waals surface area contributed by atoms with Gasteiger partial charge in [-0.1, -0.05) is 12.1 Å². The fraction of sp³-hybridized carbons (Fsp3) is 0.435. The summed E-state index contributed by atoms with van der Waals surface area (Å²) in [6.45, 7) is 3.40. The van der Waals surface area contributed by atoms with Crippen LogP contribution < -0.4 is 4.90 Å². The van der Waals surface area contributed by atoms with E-state index >= 15 is 0 Å². The topological polar surface area (TPSA) is 49.3 Å². The van der Waals surface area contributed by atoms with Crippen LogP contribution in [-0.4, -0.2) is 45.9 Å². The Hall–Kier alpha value is -2.54. The predicted octanol–water partition coefficient (Wildman–Crippen LogP) is 4.28. The zero-order valence-electron chi connectivity index (χ0n) is 17.0. The zero-order valence-corrected chi connectivity index (χ0v) is 17.8. The lowest BCUT2D eigenvalue weighted by Crippen LogP contribution is -2.56. The molecule has 30 heavy (non-hydrogen) atoms. The normalized spacial score (nSPS) is 23.9. The highest BCUT2D eigenvalue weighted by Crippen LogP contribution is 2.35. The molecule has 0 saturated carbocycles. The van der Waals surface area contributed by atoms with Gasteiger partial charge in [0.15, 0.2) is 5.82 Å². The maximum absolute atomic E-state index is 14.3. The molecule has 3 unspecified atom stereocenters. The first-order valence-electron chi connectivity index (χ1n) is 10.6. The van der Waals surface area contributed by atoms with Gasteiger partial charge in [0.2, 0.25) is 5.91 Å². The number of nitrogens with zero attached hydrogens (tertiary/aromatic N) is 4. The van der Waals surface area contributed by atoms with Gasteiger partial charge in [0.1, 0.15) is 0 Å². The Morgan fingerprint density at radius 1 is 1.23 bits per heavy atom. The second-order valence-electron chi connectivity index (χ2n) is 8.42. The monoisotopic (exact) mass is 424 g/mol. The van der Waals surface area contributed by atoms with Gasteiger partial charge in [-0.25, -0.2) is 9.37 Å². The van der Waals surface area contributed by atoms with Gasteiger partial charge in [-0.15, -0.1) is 11.3 Å². The summed E-state index contributed by atoms with van der Waals surface area (Å²) in [6.07, 6.45) is 6.62. The Balaban J connectivity index is 1.23. The van der Waals surface area contributed by atoms with Crippen molar-refractivity contribution in [2.24, 2.45) is 5.92 Å².